The Kier molecular flexibility index (Phi) is 2.70. The number of nitrogens with zero attached hydrogens (tertiary/aromatic N) is 1. The molecule has 0 fully saturated rings. The van der Waals surface area contributed by atoms with Gasteiger partial charge in [0.05, 0.1) is 5.69 Å². The molecule has 1 nitrogen and oxygen atoms in total. The summed E-state index contributed by atoms with van der Waals surface area (Å²) in [6, 6.07) is 6.58. The lowest BCUT2D eigenvalue weighted by atomic mass is 10.1. The molecule has 0 unspecified atom stereocenters. The number of rotatable bonds is 2. The highest BCUT2D eigenvalue weighted by atomic mass is 32.1. The van der Waals surface area contributed by atoms with Crippen LogP contribution in [0.5, 0.6) is 0 Å². The molecule has 2 heteroatoms. The molecule has 0 saturated carbocycles. The minimum absolute atomic E-state index is 0.598. The molecule has 0 amide bonds. The van der Waals surface area contributed by atoms with Crippen LogP contribution in [0.3, 0.4) is 0 Å². The quantitative estimate of drug-likeness (QED) is 0.710. The lowest BCUT2D eigenvalue weighted by Crippen LogP contribution is -2.00. The second-order valence-electron chi connectivity index (χ2n) is 4.28. The monoisotopic (exact) mass is 219 g/mol. The summed E-state index contributed by atoms with van der Waals surface area (Å²) in [5, 5.41) is 2.18. The molecule has 2 rings (SSSR count). The summed E-state index contributed by atoms with van der Waals surface area (Å²) < 4.78 is 2.34. The number of thiophene rings is 1. The third-order valence-corrected chi connectivity index (χ3v) is 3.92. The Bertz CT molecular complexity index is 443. The van der Waals surface area contributed by atoms with Gasteiger partial charge in [-0.15, -0.1) is 11.3 Å². The fourth-order valence-corrected chi connectivity index (χ4v) is 2.88. The zero-order chi connectivity index (χ0) is 11.0. The van der Waals surface area contributed by atoms with Crippen LogP contribution in [0.15, 0.2) is 23.6 Å². The molecule has 0 spiro atoms. The average Bonchev–Trinajstić information content (AvgIpc) is 2.73. The maximum atomic E-state index is 2.34. The second-order valence-corrected chi connectivity index (χ2v) is 5.22. The largest absolute Gasteiger partial charge is 0.317 e. The molecule has 15 heavy (non-hydrogen) atoms. The average molecular weight is 219 g/mol. The Morgan fingerprint density at radius 1 is 1.07 bits per heavy atom. The summed E-state index contributed by atoms with van der Waals surface area (Å²) in [6.07, 6.45) is 0. The first-order chi connectivity index (χ1) is 7.11. The fourth-order valence-electron chi connectivity index (χ4n) is 1.98. The summed E-state index contributed by atoms with van der Waals surface area (Å²) in [7, 11) is 0. The molecule has 0 aliphatic rings. The third kappa shape index (κ3) is 1.74. The van der Waals surface area contributed by atoms with Crippen LogP contribution < -0.4 is 0 Å². The molecular formula is C13H17NS. The third-order valence-electron chi connectivity index (χ3n) is 2.71. The Morgan fingerprint density at radius 3 is 2.20 bits per heavy atom. The Labute approximate surface area is 95.4 Å². The second kappa shape index (κ2) is 3.86. The number of aryl methyl sites for hydroxylation is 2. The number of hydrogen-bond acceptors (Lipinski definition) is 1. The highest BCUT2D eigenvalue weighted by Gasteiger charge is 2.12. The smallest absolute Gasteiger partial charge is 0.0596 e. The highest BCUT2D eigenvalue weighted by molar-refractivity contribution is 7.10. The Balaban J connectivity index is 2.59. The summed E-state index contributed by atoms with van der Waals surface area (Å²) in [4.78, 5) is 1.47. The van der Waals surface area contributed by atoms with Crippen LogP contribution in [0.1, 0.15) is 36.0 Å². The van der Waals surface area contributed by atoms with Crippen molar-refractivity contribution < 1.29 is 0 Å². The van der Waals surface area contributed by atoms with Crippen molar-refractivity contribution in [2.24, 2.45) is 0 Å². The van der Waals surface area contributed by atoms with Crippen LogP contribution in [0.25, 0.3) is 5.69 Å². The minimum atomic E-state index is 0.598. The molecule has 0 radical (unpaired) electrons. The first-order valence-electron chi connectivity index (χ1n) is 5.34. The first-order valence-corrected chi connectivity index (χ1v) is 6.22. The van der Waals surface area contributed by atoms with E-state index in [2.05, 4.69) is 55.8 Å². The fraction of sp³-hybridized carbons (Fsp3) is 0.385. The zero-order valence-corrected chi connectivity index (χ0v) is 10.6. The van der Waals surface area contributed by atoms with E-state index in [9.17, 15) is 0 Å². The van der Waals surface area contributed by atoms with E-state index in [0.717, 1.165) is 0 Å². The molecular weight excluding hydrogens is 202 g/mol. The van der Waals surface area contributed by atoms with Crippen LogP contribution in [0, 0.1) is 13.8 Å². The van der Waals surface area contributed by atoms with Crippen molar-refractivity contribution in [1.82, 2.24) is 4.57 Å². The predicted octanol–water partition coefficient (Wildman–Crippen LogP) is 4.28. The normalized spacial score (nSPS) is 11.3. The van der Waals surface area contributed by atoms with Gasteiger partial charge in [0.2, 0.25) is 0 Å². The van der Waals surface area contributed by atoms with Crippen molar-refractivity contribution in [3.8, 4) is 5.69 Å². The van der Waals surface area contributed by atoms with Gasteiger partial charge in [-0.3, -0.25) is 0 Å². The van der Waals surface area contributed by atoms with E-state index in [1.54, 1.807) is 0 Å². The van der Waals surface area contributed by atoms with Gasteiger partial charge in [0, 0.05) is 16.3 Å². The number of hydrogen-bond donors (Lipinski definition) is 0. The Morgan fingerprint density at radius 2 is 1.67 bits per heavy atom. The van der Waals surface area contributed by atoms with Crippen LogP contribution in [-0.2, 0) is 0 Å². The summed E-state index contributed by atoms with van der Waals surface area (Å²) in [5.74, 6) is 0.598. The van der Waals surface area contributed by atoms with E-state index >= 15 is 0 Å². The standard InChI is InChI=1S/C13H17NS/c1-9(2)13-12(7-8-15-13)14-10(3)5-6-11(14)4/h5-9H,1-4H3. The van der Waals surface area contributed by atoms with E-state index < -0.39 is 0 Å². The van der Waals surface area contributed by atoms with Crippen molar-refractivity contribution in [3.05, 3.63) is 39.8 Å². The molecule has 0 aromatic carbocycles. The van der Waals surface area contributed by atoms with E-state index in [1.165, 1.54) is 22.0 Å². The molecule has 0 aliphatic carbocycles. The van der Waals surface area contributed by atoms with Crippen molar-refractivity contribution in [2.75, 3.05) is 0 Å². The topological polar surface area (TPSA) is 4.93 Å². The molecule has 2 aromatic heterocycles. The minimum Gasteiger partial charge on any atom is -0.317 e. The van der Waals surface area contributed by atoms with Gasteiger partial charge < -0.3 is 4.57 Å². The van der Waals surface area contributed by atoms with Crippen molar-refractivity contribution in [1.29, 1.82) is 0 Å². The first kappa shape index (κ1) is 10.5. The van der Waals surface area contributed by atoms with Gasteiger partial charge in [0.25, 0.3) is 0 Å². The Hall–Kier alpha value is -1.02. The lowest BCUT2D eigenvalue weighted by molar-refractivity contribution is 0.858. The highest BCUT2D eigenvalue weighted by Crippen LogP contribution is 2.30. The van der Waals surface area contributed by atoms with Gasteiger partial charge in [0.1, 0.15) is 0 Å². The van der Waals surface area contributed by atoms with Gasteiger partial charge in [0.15, 0.2) is 0 Å². The maximum Gasteiger partial charge on any atom is 0.0596 e. The molecule has 2 aromatic rings. The van der Waals surface area contributed by atoms with Gasteiger partial charge in [-0.05, 0) is 43.3 Å². The van der Waals surface area contributed by atoms with E-state index in [0.29, 0.717) is 5.92 Å². The molecule has 0 bridgehead atoms. The number of aromatic nitrogens is 1. The molecule has 0 aliphatic heterocycles. The lowest BCUT2D eigenvalue weighted by Gasteiger charge is -2.12. The molecule has 2 heterocycles. The van der Waals surface area contributed by atoms with E-state index in [-0.39, 0.29) is 0 Å². The van der Waals surface area contributed by atoms with Crippen molar-refractivity contribution in [2.45, 2.75) is 33.6 Å². The summed E-state index contributed by atoms with van der Waals surface area (Å²) in [6.45, 7) is 8.83. The van der Waals surface area contributed by atoms with Crippen LogP contribution in [0.4, 0.5) is 0 Å². The summed E-state index contributed by atoms with van der Waals surface area (Å²) >= 11 is 1.85. The van der Waals surface area contributed by atoms with E-state index in [1.807, 2.05) is 11.3 Å². The van der Waals surface area contributed by atoms with Crippen LogP contribution in [0.2, 0.25) is 0 Å². The van der Waals surface area contributed by atoms with Gasteiger partial charge >= 0.3 is 0 Å². The van der Waals surface area contributed by atoms with Gasteiger partial charge in [-0.1, -0.05) is 13.8 Å². The maximum absolute atomic E-state index is 2.34. The molecule has 0 N–H and O–H groups in total. The molecule has 0 saturated heterocycles. The van der Waals surface area contributed by atoms with Crippen molar-refractivity contribution in [3.63, 3.8) is 0 Å². The van der Waals surface area contributed by atoms with Gasteiger partial charge in [-0.2, -0.15) is 0 Å². The van der Waals surface area contributed by atoms with Crippen molar-refractivity contribution >= 4 is 11.3 Å². The van der Waals surface area contributed by atoms with Crippen LogP contribution >= 0.6 is 11.3 Å². The van der Waals surface area contributed by atoms with Crippen LogP contribution in [-0.4, -0.2) is 4.57 Å². The zero-order valence-electron chi connectivity index (χ0n) is 9.74. The predicted molar refractivity (Wildman–Crippen MR) is 67.2 cm³/mol. The SMILES string of the molecule is Cc1ccc(C)n1-c1ccsc1C(C)C. The summed E-state index contributed by atoms with van der Waals surface area (Å²) in [5.41, 5.74) is 3.98. The molecule has 80 valence electrons. The van der Waals surface area contributed by atoms with Gasteiger partial charge in [-0.25, -0.2) is 0 Å². The van der Waals surface area contributed by atoms with E-state index in [4.69, 9.17) is 0 Å². The molecule has 0 atom stereocenters.